The zero-order chi connectivity index (χ0) is 10.5. The Hall–Kier alpha value is -0.640. The Bertz CT molecular complexity index is 279. The van der Waals surface area contributed by atoms with Gasteiger partial charge in [-0.15, -0.1) is 0 Å². The van der Waals surface area contributed by atoms with Gasteiger partial charge in [-0.3, -0.25) is 0 Å². The molecule has 0 aliphatic heterocycles. The molecule has 13 heavy (non-hydrogen) atoms. The van der Waals surface area contributed by atoms with Crippen molar-refractivity contribution >= 4 is 10.0 Å². The third kappa shape index (κ3) is 6.51. The van der Waals surface area contributed by atoms with E-state index in [0.717, 1.165) is 0 Å². The van der Waals surface area contributed by atoms with E-state index in [4.69, 9.17) is 10.4 Å². The molecule has 2 N–H and O–H groups in total. The molecular formula is C7H14N2O3S. The first-order chi connectivity index (χ1) is 5.87. The molecule has 76 valence electrons. The molecule has 0 aromatic heterocycles. The molecule has 0 radical (unpaired) electrons. The molecule has 2 atom stereocenters. The third-order valence-electron chi connectivity index (χ3n) is 1.33. The Balaban J connectivity index is 4.06. The highest BCUT2D eigenvalue weighted by Crippen LogP contribution is 1.98. The van der Waals surface area contributed by atoms with Crippen molar-refractivity contribution in [3.05, 3.63) is 0 Å². The Morgan fingerprint density at radius 2 is 2.08 bits per heavy atom. The summed E-state index contributed by atoms with van der Waals surface area (Å²) in [5, 5.41) is 17.1. The summed E-state index contributed by atoms with van der Waals surface area (Å²) < 4.78 is 24.3. The molecule has 0 aromatic carbocycles. The molecule has 0 heterocycles. The first kappa shape index (κ1) is 12.4. The molecule has 0 saturated heterocycles. The molecule has 5 nitrogen and oxygen atoms in total. The molecule has 0 amide bonds. The van der Waals surface area contributed by atoms with Gasteiger partial charge in [0, 0.05) is 6.04 Å². The minimum Gasteiger partial charge on any atom is -0.393 e. The van der Waals surface area contributed by atoms with Crippen LogP contribution in [0.2, 0.25) is 0 Å². The lowest BCUT2D eigenvalue weighted by Crippen LogP contribution is -2.35. The van der Waals surface area contributed by atoms with E-state index < -0.39 is 21.9 Å². The maximum absolute atomic E-state index is 11.0. The van der Waals surface area contributed by atoms with Crippen LogP contribution in [0.1, 0.15) is 20.3 Å². The second-order valence-corrected chi connectivity index (χ2v) is 4.77. The summed E-state index contributed by atoms with van der Waals surface area (Å²) in [4.78, 5) is 0. The van der Waals surface area contributed by atoms with Crippen LogP contribution in [0.4, 0.5) is 0 Å². The van der Waals surface area contributed by atoms with E-state index >= 15 is 0 Å². The van der Waals surface area contributed by atoms with Gasteiger partial charge in [0.2, 0.25) is 10.0 Å². The van der Waals surface area contributed by atoms with Gasteiger partial charge in [-0.2, -0.15) is 5.26 Å². The number of hydrogen-bond donors (Lipinski definition) is 2. The highest BCUT2D eigenvalue weighted by Gasteiger charge is 2.14. The number of aliphatic hydroxyl groups excluding tert-OH is 1. The second kappa shape index (κ2) is 5.17. The maximum atomic E-state index is 11.0. The summed E-state index contributed by atoms with van der Waals surface area (Å²) in [5.74, 6) is -0.544. The fraction of sp³-hybridized carbons (Fsp3) is 0.857. The van der Waals surface area contributed by atoms with E-state index in [1.807, 2.05) is 0 Å². The molecule has 6 heteroatoms. The summed E-state index contributed by atoms with van der Waals surface area (Å²) in [7, 11) is -3.50. The van der Waals surface area contributed by atoms with Crippen LogP contribution in [0.15, 0.2) is 0 Å². The summed E-state index contributed by atoms with van der Waals surface area (Å²) >= 11 is 0. The summed E-state index contributed by atoms with van der Waals surface area (Å²) in [6.07, 6.45) is -0.218. The average molecular weight is 206 g/mol. The molecule has 0 aromatic rings. The molecule has 0 bridgehead atoms. The molecule has 0 aliphatic carbocycles. The smallest absolute Gasteiger partial charge is 0.225 e. The van der Waals surface area contributed by atoms with Crippen molar-refractivity contribution in [2.24, 2.45) is 0 Å². The van der Waals surface area contributed by atoms with Crippen molar-refractivity contribution < 1.29 is 13.5 Å². The minimum atomic E-state index is -3.50. The van der Waals surface area contributed by atoms with Crippen LogP contribution in [0.25, 0.3) is 0 Å². The molecule has 0 fully saturated rings. The van der Waals surface area contributed by atoms with Crippen LogP contribution in [0, 0.1) is 11.3 Å². The van der Waals surface area contributed by atoms with Crippen molar-refractivity contribution in [2.45, 2.75) is 32.4 Å². The quantitative estimate of drug-likeness (QED) is 0.639. The number of nitriles is 1. The zero-order valence-corrected chi connectivity index (χ0v) is 8.50. The predicted octanol–water partition coefficient (Wildman–Crippen LogP) is -0.411. The maximum Gasteiger partial charge on any atom is 0.225 e. The SMILES string of the molecule is CC(O)CC(C)NS(=O)(=O)CC#N. The molecule has 0 aliphatic rings. The first-order valence-corrected chi connectivity index (χ1v) is 5.57. The van der Waals surface area contributed by atoms with Gasteiger partial charge >= 0.3 is 0 Å². The third-order valence-corrected chi connectivity index (χ3v) is 2.60. The lowest BCUT2D eigenvalue weighted by molar-refractivity contribution is 0.175. The highest BCUT2D eigenvalue weighted by atomic mass is 32.2. The van der Waals surface area contributed by atoms with Crippen LogP contribution < -0.4 is 4.72 Å². The Morgan fingerprint density at radius 1 is 1.54 bits per heavy atom. The normalized spacial score (nSPS) is 16.2. The van der Waals surface area contributed by atoms with Gasteiger partial charge in [0.15, 0.2) is 5.75 Å². The molecule has 0 spiro atoms. The fourth-order valence-electron chi connectivity index (χ4n) is 0.993. The zero-order valence-electron chi connectivity index (χ0n) is 7.69. The second-order valence-electron chi connectivity index (χ2n) is 3.02. The van der Waals surface area contributed by atoms with E-state index in [9.17, 15) is 8.42 Å². The Kier molecular flexibility index (Phi) is 4.91. The number of nitrogens with one attached hydrogen (secondary N) is 1. The molecule has 0 saturated carbocycles. The topological polar surface area (TPSA) is 90.2 Å². The molecule has 2 unspecified atom stereocenters. The first-order valence-electron chi connectivity index (χ1n) is 3.92. The highest BCUT2D eigenvalue weighted by molar-refractivity contribution is 7.89. The standard InChI is InChI=1S/C7H14N2O3S/c1-6(5-7(2)10)9-13(11,12)4-3-8/h6-7,9-10H,4-5H2,1-2H3. The van der Waals surface area contributed by atoms with Gasteiger partial charge in [-0.05, 0) is 20.3 Å². The fourth-order valence-corrected chi connectivity index (χ4v) is 1.96. The average Bonchev–Trinajstić information content (AvgIpc) is 1.81. The summed E-state index contributed by atoms with van der Waals surface area (Å²) in [6, 6.07) is 1.20. The van der Waals surface area contributed by atoms with Crippen molar-refractivity contribution in [3.63, 3.8) is 0 Å². The van der Waals surface area contributed by atoms with Gasteiger partial charge in [-0.1, -0.05) is 0 Å². The summed E-state index contributed by atoms with van der Waals surface area (Å²) in [6.45, 7) is 3.22. The number of nitrogens with zero attached hydrogens (tertiary/aromatic N) is 1. The van der Waals surface area contributed by atoms with E-state index in [-0.39, 0.29) is 6.04 Å². The molecular weight excluding hydrogens is 192 g/mol. The van der Waals surface area contributed by atoms with Gasteiger partial charge < -0.3 is 5.11 Å². The van der Waals surface area contributed by atoms with Crippen LogP contribution >= 0.6 is 0 Å². The van der Waals surface area contributed by atoms with Gasteiger partial charge in [0.25, 0.3) is 0 Å². The van der Waals surface area contributed by atoms with Crippen LogP contribution in [-0.4, -0.2) is 31.4 Å². The minimum absolute atomic E-state index is 0.338. The molecule has 0 rings (SSSR count). The van der Waals surface area contributed by atoms with Crippen molar-refractivity contribution in [1.82, 2.24) is 4.72 Å². The number of hydrogen-bond acceptors (Lipinski definition) is 4. The Labute approximate surface area is 78.4 Å². The van der Waals surface area contributed by atoms with E-state index in [0.29, 0.717) is 6.42 Å². The number of aliphatic hydroxyl groups is 1. The number of sulfonamides is 1. The van der Waals surface area contributed by atoms with Gasteiger partial charge in [-0.25, -0.2) is 13.1 Å². The van der Waals surface area contributed by atoms with E-state index in [2.05, 4.69) is 4.72 Å². The van der Waals surface area contributed by atoms with Crippen molar-refractivity contribution in [3.8, 4) is 6.07 Å². The lowest BCUT2D eigenvalue weighted by Gasteiger charge is -2.13. The van der Waals surface area contributed by atoms with Crippen LogP contribution in [-0.2, 0) is 10.0 Å². The number of rotatable bonds is 5. The summed E-state index contributed by atoms with van der Waals surface area (Å²) in [5.41, 5.74) is 0. The monoisotopic (exact) mass is 206 g/mol. The van der Waals surface area contributed by atoms with E-state index in [1.165, 1.54) is 0 Å². The predicted molar refractivity (Wildman–Crippen MR) is 48.3 cm³/mol. The lowest BCUT2D eigenvalue weighted by atomic mass is 10.2. The van der Waals surface area contributed by atoms with Crippen molar-refractivity contribution in [1.29, 1.82) is 5.26 Å². The van der Waals surface area contributed by atoms with Crippen LogP contribution in [0.5, 0.6) is 0 Å². The Morgan fingerprint density at radius 3 is 2.46 bits per heavy atom. The van der Waals surface area contributed by atoms with Gasteiger partial charge in [0.05, 0.1) is 12.2 Å². The van der Waals surface area contributed by atoms with Gasteiger partial charge in [0.1, 0.15) is 0 Å². The van der Waals surface area contributed by atoms with Crippen molar-refractivity contribution in [2.75, 3.05) is 5.75 Å². The van der Waals surface area contributed by atoms with E-state index in [1.54, 1.807) is 19.9 Å². The van der Waals surface area contributed by atoms with Crippen LogP contribution in [0.3, 0.4) is 0 Å². The largest absolute Gasteiger partial charge is 0.393 e.